The van der Waals surface area contributed by atoms with Gasteiger partial charge in [-0.1, -0.05) is 24.3 Å². The van der Waals surface area contributed by atoms with Crippen molar-refractivity contribution in [1.29, 1.82) is 5.41 Å². The van der Waals surface area contributed by atoms with E-state index in [1.165, 1.54) is 11.3 Å². The highest BCUT2D eigenvalue weighted by Crippen LogP contribution is 2.38. The molecule has 0 amide bonds. The van der Waals surface area contributed by atoms with Crippen LogP contribution in [-0.4, -0.2) is 70.8 Å². The molecule has 7 nitrogen and oxygen atoms in total. The van der Waals surface area contributed by atoms with E-state index >= 15 is 0 Å². The van der Waals surface area contributed by atoms with E-state index in [1.54, 1.807) is 6.20 Å². The average Bonchev–Trinajstić information content (AvgIpc) is 3.27. The Hall–Kier alpha value is -3.07. The SMILES string of the molecule is C=C(c1nc(C(=N)c2cc(C)cc(C)c2N)sc1-c1cccnc1)N1CC(N2CCNCC2)C1. The number of rotatable bonds is 6. The van der Waals surface area contributed by atoms with E-state index in [2.05, 4.69) is 26.7 Å². The number of pyridine rings is 1. The summed E-state index contributed by atoms with van der Waals surface area (Å²) in [5.74, 6) is 0. The molecule has 3 aromatic rings. The summed E-state index contributed by atoms with van der Waals surface area (Å²) in [6.45, 7) is 14.7. The molecular formula is C26H31N7S. The van der Waals surface area contributed by atoms with Crippen LogP contribution in [0.2, 0.25) is 0 Å². The Morgan fingerprint density at radius 1 is 1.24 bits per heavy atom. The Balaban J connectivity index is 1.45. The van der Waals surface area contributed by atoms with Crippen LogP contribution in [0.25, 0.3) is 16.1 Å². The molecule has 0 atom stereocenters. The van der Waals surface area contributed by atoms with Gasteiger partial charge in [-0.25, -0.2) is 4.98 Å². The largest absolute Gasteiger partial charge is 0.398 e. The Labute approximate surface area is 204 Å². The van der Waals surface area contributed by atoms with Gasteiger partial charge in [-0.15, -0.1) is 11.3 Å². The number of aryl methyl sites for hydroxylation is 2. The van der Waals surface area contributed by atoms with Gasteiger partial charge in [0.1, 0.15) is 10.7 Å². The highest BCUT2D eigenvalue weighted by molar-refractivity contribution is 7.17. The van der Waals surface area contributed by atoms with Crippen LogP contribution >= 0.6 is 11.3 Å². The zero-order chi connectivity index (χ0) is 23.8. The van der Waals surface area contributed by atoms with Crippen molar-refractivity contribution in [2.75, 3.05) is 45.0 Å². The molecule has 2 fully saturated rings. The lowest BCUT2D eigenvalue weighted by Gasteiger charge is -2.48. The summed E-state index contributed by atoms with van der Waals surface area (Å²) in [6.07, 6.45) is 3.62. The predicted molar refractivity (Wildman–Crippen MR) is 140 cm³/mol. The van der Waals surface area contributed by atoms with Gasteiger partial charge in [0.15, 0.2) is 0 Å². The van der Waals surface area contributed by atoms with Crippen LogP contribution in [0.3, 0.4) is 0 Å². The number of nitrogens with zero attached hydrogens (tertiary/aromatic N) is 4. The fraction of sp³-hybridized carbons (Fsp3) is 0.346. The maximum atomic E-state index is 8.95. The van der Waals surface area contributed by atoms with E-state index in [-0.39, 0.29) is 0 Å². The van der Waals surface area contributed by atoms with Gasteiger partial charge in [0.25, 0.3) is 0 Å². The van der Waals surface area contributed by atoms with Gasteiger partial charge in [-0.3, -0.25) is 15.3 Å². The molecule has 5 rings (SSSR count). The highest BCUT2D eigenvalue weighted by atomic mass is 32.1. The maximum Gasteiger partial charge on any atom is 0.143 e. The first-order valence-electron chi connectivity index (χ1n) is 11.7. The van der Waals surface area contributed by atoms with Crippen molar-refractivity contribution in [2.45, 2.75) is 19.9 Å². The molecule has 0 saturated carbocycles. The number of piperazine rings is 1. The zero-order valence-corrected chi connectivity index (χ0v) is 20.6. The summed E-state index contributed by atoms with van der Waals surface area (Å²) in [7, 11) is 0. The first kappa shape index (κ1) is 22.7. The second-order valence-electron chi connectivity index (χ2n) is 9.15. The van der Waals surface area contributed by atoms with Crippen molar-refractivity contribution >= 4 is 28.4 Å². The number of benzene rings is 1. The number of hydrogen-bond donors (Lipinski definition) is 3. The van der Waals surface area contributed by atoms with Gasteiger partial charge in [0.05, 0.1) is 16.3 Å². The molecule has 2 aromatic heterocycles. The van der Waals surface area contributed by atoms with Crippen LogP contribution in [0.1, 0.15) is 27.4 Å². The number of anilines is 1. The van der Waals surface area contributed by atoms with Gasteiger partial charge >= 0.3 is 0 Å². The number of nitrogens with one attached hydrogen (secondary N) is 2. The lowest BCUT2D eigenvalue weighted by atomic mass is 10.0. The lowest BCUT2D eigenvalue weighted by molar-refractivity contribution is 0.0642. The second-order valence-corrected chi connectivity index (χ2v) is 10.1. The molecule has 176 valence electrons. The Morgan fingerprint density at radius 2 is 2.00 bits per heavy atom. The fourth-order valence-corrected chi connectivity index (χ4v) is 5.76. The molecule has 1 aromatic carbocycles. The summed E-state index contributed by atoms with van der Waals surface area (Å²) in [4.78, 5) is 15.1. The normalized spacial score (nSPS) is 16.9. The summed E-state index contributed by atoms with van der Waals surface area (Å²) >= 11 is 1.51. The molecule has 2 aliphatic heterocycles. The number of likely N-dealkylation sites (tertiary alicyclic amines) is 1. The number of hydrogen-bond acceptors (Lipinski definition) is 8. The molecule has 0 aliphatic carbocycles. The Kier molecular flexibility index (Phi) is 6.20. The van der Waals surface area contributed by atoms with Gasteiger partial charge in [-0.05, 0) is 31.5 Å². The van der Waals surface area contributed by atoms with Crippen molar-refractivity contribution in [2.24, 2.45) is 0 Å². The first-order chi connectivity index (χ1) is 16.4. The standard InChI is InChI=1S/C26H31N7S/c1-16-11-17(2)22(27)21(12-16)23(28)26-31-24(25(34-26)19-5-4-6-30-13-19)18(3)33-14-20(15-33)32-9-7-29-8-10-32/h4-6,11-13,20,28-29H,3,7-10,14-15,27H2,1-2H3. The van der Waals surface area contributed by atoms with Crippen molar-refractivity contribution in [3.05, 3.63) is 70.6 Å². The van der Waals surface area contributed by atoms with Crippen molar-refractivity contribution < 1.29 is 0 Å². The molecule has 4 N–H and O–H groups in total. The smallest absolute Gasteiger partial charge is 0.143 e. The summed E-state index contributed by atoms with van der Waals surface area (Å²) in [5.41, 5.74) is 12.9. The molecule has 2 aliphatic rings. The van der Waals surface area contributed by atoms with Crippen LogP contribution in [0.15, 0.2) is 43.2 Å². The van der Waals surface area contributed by atoms with E-state index in [9.17, 15) is 0 Å². The number of nitrogens with two attached hydrogens (primary N) is 1. The van der Waals surface area contributed by atoms with Crippen LogP contribution in [0.5, 0.6) is 0 Å². The molecule has 8 heteroatoms. The van der Waals surface area contributed by atoms with E-state index in [4.69, 9.17) is 16.1 Å². The minimum atomic E-state index is 0.348. The van der Waals surface area contributed by atoms with Crippen LogP contribution in [0, 0.1) is 19.3 Å². The van der Waals surface area contributed by atoms with Gasteiger partial charge in [0, 0.05) is 74.5 Å². The summed E-state index contributed by atoms with van der Waals surface area (Å²) in [5, 5.41) is 13.0. The third-order valence-electron chi connectivity index (χ3n) is 6.75. The minimum absolute atomic E-state index is 0.348. The van der Waals surface area contributed by atoms with Gasteiger partial charge < -0.3 is 16.0 Å². The van der Waals surface area contributed by atoms with Crippen LogP contribution in [0.4, 0.5) is 5.69 Å². The van der Waals surface area contributed by atoms with Crippen LogP contribution in [-0.2, 0) is 0 Å². The molecule has 0 unspecified atom stereocenters. The predicted octanol–water partition coefficient (Wildman–Crippen LogP) is 3.38. The summed E-state index contributed by atoms with van der Waals surface area (Å²) in [6, 6.07) is 8.54. The fourth-order valence-electron chi connectivity index (χ4n) is 4.72. The van der Waals surface area contributed by atoms with E-state index < -0.39 is 0 Å². The van der Waals surface area contributed by atoms with Crippen molar-refractivity contribution in [3.8, 4) is 10.4 Å². The van der Waals surface area contributed by atoms with E-state index in [1.807, 2.05) is 44.3 Å². The average molecular weight is 474 g/mol. The van der Waals surface area contributed by atoms with Crippen LogP contribution < -0.4 is 11.1 Å². The molecule has 0 bridgehead atoms. The molecule has 0 spiro atoms. The molecular weight excluding hydrogens is 442 g/mol. The zero-order valence-electron chi connectivity index (χ0n) is 19.8. The molecule has 4 heterocycles. The van der Waals surface area contributed by atoms with Gasteiger partial charge in [0.2, 0.25) is 0 Å². The number of nitrogen functional groups attached to an aromatic ring is 1. The third-order valence-corrected chi connectivity index (χ3v) is 7.87. The van der Waals surface area contributed by atoms with Crippen molar-refractivity contribution in [1.82, 2.24) is 25.1 Å². The number of thiazole rings is 1. The Morgan fingerprint density at radius 3 is 2.71 bits per heavy atom. The monoisotopic (exact) mass is 473 g/mol. The highest BCUT2D eigenvalue weighted by Gasteiger charge is 2.35. The first-order valence-corrected chi connectivity index (χ1v) is 12.5. The Bertz CT molecular complexity index is 1220. The topological polar surface area (TPSA) is 94.2 Å². The van der Waals surface area contributed by atoms with Crippen molar-refractivity contribution in [3.63, 3.8) is 0 Å². The van der Waals surface area contributed by atoms with Gasteiger partial charge in [-0.2, -0.15) is 0 Å². The third kappa shape index (κ3) is 4.24. The number of aromatic nitrogens is 2. The summed E-state index contributed by atoms with van der Waals surface area (Å²) < 4.78 is 0. The quantitative estimate of drug-likeness (QED) is 0.375. The lowest BCUT2D eigenvalue weighted by Crippen LogP contribution is -2.61. The molecule has 0 radical (unpaired) electrons. The second kappa shape index (κ2) is 9.29. The van der Waals surface area contributed by atoms with E-state index in [0.29, 0.717) is 22.4 Å². The maximum absolute atomic E-state index is 8.95. The minimum Gasteiger partial charge on any atom is -0.398 e. The molecule has 34 heavy (non-hydrogen) atoms. The molecule has 2 saturated heterocycles. The van der Waals surface area contributed by atoms with E-state index in [0.717, 1.165) is 77.8 Å².